The van der Waals surface area contributed by atoms with Gasteiger partial charge in [0, 0.05) is 0 Å². The third kappa shape index (κ3) is 3.01. The van der Waals surface area contributed by atoms with Gasteiger partial charge in [-0.2, -0.15) is 0 Å². The molecule has 0 aliphatic carbocycles. The molecule has 2 unspecified atom stereocenters. The number of aliphatic carboxylic acids is 1. The normalized spacial score (nSPS) is 15.8. The number of rotatable bonds is 3. The minimum atomic E-state index is -0.963. The first-order valence-corrected chi connectivity index (χ1v) is 4.52. The van der Waals surface area contributed by atoms with Crippen molar-refractivity contribution in [2.24, 2.45) is 17.3 Å². The summed E-state index contributed by atoms with van der Waals surface area (Å²) in [4.78, 5) is 22.2. The smallest absolute Gasteiger partial charge is 0.309 e. The second kappa shape index (κ2) is 4.44. The minimum Gasteiger partial charge on any atom is -0.481 e. The first-order valence-electron chi connectivity index (χ1n) is 4.52. The van der Waals surface area contributed by atoms with E-state index < -0.39 is 29.2 Å². The largest absolute Gasteiger partial charge is 0.481 e. The maximum absolute atomic E-state index is 11.2. The van der Waals surface area contributed by atoms with Gasteiger partial charge in [-0.25, -0.2) is 0 Å². The van der Waals surface area contributed by atoms with Gasteiger partial charge >= 0.3 is 11.9 Å². The third-order valence-corrected chi connectivity index (χ3v) is 2.27. The highest BCUT2D eigenvalue weighted by molar-refractivity contribution is 5.81. The van der Waals surface area contributed by atoms with Crippen LogP contribution >= 0.6 is 0 Å². The lowest BCUT2D eigenvalue weighted by Crippen LogP contribution is -2.37. The average Bonchev–Trinajstić information content (AvgIpc) is 1.99. The van der Waals surface area contributed by atoms with Gasteiger partial charge in [0.2, 0.25) is 0 Å². The van der Waals surface area contributed by atoms with Crippen molar-refractivity contribution in [3.63, 3.8) is 0 Å². The Morgan fingerprint density at radius 1 is 1.29 bits per heavy atom. The lowest BCUT2D eigenvalue weighted by atomic mass is 9.74. The number of carbonyl (C=O) groups is 2. The van der Waals surface area contributed by atoms with E-state index in [4.69, 9.17) is 5.11 Å². The number of ether oxygens (including phenoxy) is 1. The molecule has 2 atom stereocenters. The molecule has 4 nitrogen and oxygen atoms in total. The van der Waals surface area contributed by atoms with Crippen molar-refractivity contribution in [3.05, 3.63) is 0 Å². The van der Waals surface area contributed by atoms with E-state index in [-0.39, 0.29) is 0 Å². The summed E-state index contributed by atoms with van der Waals surface area (Å²) in [6.45, 7) is 6.97. The van der Waals surface area contributed by atoms with Crippen molar-refractivity contribution in [1.29, 1.82) is 0 Å². The zero-order valence-electron chi connectivity index (χ0n) is 9.33. The summed E-state index contributed by atoms with van der Waals surface area (Å²) in [6, 6.07) is 0. The Bertz CT molecular complexity index is 227. The molecule has 0 aromatic carbocycles. The molecule has 0 rings (SSSR count). The fourth-order valence-electron chi connectivity index (χ4n) is 1.66. The Labute approximate surface area is 84.3 Å². The van der Waals surface area contributed by atoms with Crippen molar-refractivity contribution in [3.8, 4) is 0 Å². The highest BCUT2D eigenvalue weighted by Crippen LogP contribution is 2.32. The maximum Gasteiger partial charge on any atom is 0.309 e. The predicted molar refractivity (Wildman–Crippen MR) is 51.8 cm³/mol. The first kappa shape index (κ1) is 12.9. The van der Waals surface area contributed by atoms with E-state index in [1.165, 1.54) is 7.11 Å². The van der Waals surface area contributed by atoms with Gasteiger partial charge in [0.1, 0.15) is 0 Å². The molecule has 0 aromatic heterocycles. The standard InChI is InChI=1S/C10H18O4/c1-6(9(13)14-5)7(8(11)12)10(2,3)4/h6-7H,1-5H3,(H,11,12). The molecule has 1 N–H and O–H groups in total. The van der Waals surface area contributed by atoms with Crippen molar-refractivity contribution >= 4 is 11.9 Å². The molecule has 14 heavy (non-hydrogen) atoms. The van der Waals surface area contributed by atoms with Gasteiger partial charge in [0.05, 0.1) is 18.9 Å². The van der Waals surface area contributed by atoms with Crippen LogP contribution in [0, 0.1) is 17.3 Å². The van der Waals surface area contributed by atoms with E-state index in [2.05, 4.69) is 4.74 Å². The topological polar surface area (TPSA) is 63.6 Å². The van der Waals surface area contributed by atoms with E-state index in [0.717, 1.165) is 0 Å². The van der Waals surface area contributed by atoms with E-state index in [1.807, 2.05) is 0 Å². The fraction of sp³-hybridized carbons (Fsp3) is 0.800. The van der Waals surface area contributed by atoms with Crippen molar-refractivity contribution < 1.29 is 19.4 Å². The SMILES string of the molecule is COC(=O)C(C)C(C(=O)O)C(C)(C)C. The molecule has 0 fully saturated rings. The van der Waals surface area contributed by atoms with E-state index in [0.29, 0.717) is 0 Å². The van der Waals surface area contributed by atoms with Crippen LogP contribution in [0.3, 0.4) is 0 Å². The Hall–Kier alpha value is -1.06. The number of carbonyl (C=O) groups excluding carboxylic acids is 1. The van der Waals surface area contributed by atoms with Crippen LogP contribution in [-0.2, 0) is 14.3 Å². The van der Waals surface area contributed by atoms with Crippen LogP contribution in [0.2, 0.25) is 0 Å². The Kier molecular flexibility index (Phi) is 4.10. The van der Waals surface area contributed by atoms with Crippen LogP contribution in [-0.4, -0.2) is 24.2 Å². The predicted octanol–water partition coefficient (Wildman–Crippen LogP) is 1.54. The summed E-state index contributed by atoms with van der Waals surface area (Å²) in [7, 11) is 1.26. The Morgan fingerprint density at radius 3 is 1.93 bits per heavy atom. The molecular weight excluding hydrogens is 184 g/mol. The number of hydrogen-bond acceptors (Lipinski definition) is 3. The lowest BCUT2D eigenvalue weighted by Gasteiger charge is -2.30. The molecule has 0 heterocycles. The van der Waals surface area contributed by atoms with Crippen LogP contribution in [0.5, 0.6) is 0 Å². The molecule has 0 aromatic rings. The van der Waals surface area contributed by atoms with E-state index in [1.54, 1.807) is 27.7 Å². The van der Waals surface area contributed by atoms with Gasteiger partial charge in [0.25, 0.3) is 0 Å². The first-order chi connectivity index (χ1) is 6.21. The number of carboxylic acid groups (broad SMARTS) is 1. The van der Waals surface area contributed by atoms with Crippen LogP contribution in [0.1, 0.15) is 27.7 Å². The van der Waals surface area contributed by atoms with E-state index >= 15 is 0 Å². The Morgan fingerprint density at radius 2 is 1.71 bits per heavy atom. The van der Waals surface area contributed by atoms with Crippen molar-refractivity contribution in [2.75, 3.05) is 7.11 Å². The molecule has 0 saturated heterocycles. The summed E-state index contributed by atoms with van der Waals surface area (Å²) in [5.74, 6) is -2.80. The summed E-state index contributed by atoms with van der Waals surface area (Å²) >= 11 is 0. The monoisotopic (exact) mass is 202 g/mol. The lowest BCUT2D eigenvalue weighted by molar-refractivity contribution is -0.159. The van der Waals surface area contributed by atoms with Crippen molar-refractivity contribution in [2.45, 2.75) is 27.7 Å². The summed E-state index contributed by atoms with van der Waals surface area (Å²) < 4.78 is 4.54. The second-order valence-corrected chi connectivity index (χ2v) is 4.49. The quantitative estimate of drug-likeness (QED) is 0.705. The number of methoxy groups -OCH3 is 1. The molecule has 4 heteroatoms. The van der Waals surface area contributed by atoms with E-state index in [9.17, 15) is 9.59 Å². The van der Waals surface area contributed by atoms with Gasteiger partial charge in [-0.05, 0) is 5.41 Å². The van der Waals surface area contributed by atoms with Gasteiger partial charge < -0.3 is 9.84 Å². The van der Waals surface area contributed by atoms with Gasteiger partial charge in [-0.3, -0.25) is 9.59 Å². The average molecular weight is 202 g/mol. The van der Waals surface area contributed by atoms with Crippen LogP contribution in [0.15, 0.2) is 0 Å². The molecule has 0 radical (unpaired) electrons. The number of carboxylic acids is 1. The van der Waals surface area contributed by atoms with Crippen LogP contribution in [0.4, 0.5) is 0 Å². The molecule has 0 saturated carbocycles. The zero-order valence-corrected chi connectivity index (χ0v) is 9.33. The third-order valence-electron chi connectivity index (χ3n) is 2.27. The molecular formula is C10H18O4. The molecule has 0 bridgehead atoms. The van der Waals surface area contributed by atoms with Crippen molar-refractivity contribution in [1.82, 2.24) is 0 Å². The molecule has 82 valence electrons. The molecule has 0 aliphatic heterocycles. The van der Waals surface area contributed by atoms with Gasteiger partial charge in [-0.1, -0.05) is 27.7 Å². The minimum absolute atomic E-state index is 0.459. The molecule has 0 spiro atoms. The summed E-state index contributed by atoms with van der Waals surface area (Å²) in [6.07, 6.45) is 0. The molecule has 0 aliphatic rings. The summed E-state index contributed by atoms with van der Waals surface area (Å²) in [5.41, 5.74) is -0.459. The maximum atomic E-state index is 11.2. The fourth-order valence-corrected chi connectivity index (χ4v) is 1.66. The van der Waals surface area contributed by atoms with Crippen LogP contribution < -0.4 is 0 Å². The zero-order chi connectivity index (χ0) is 11.5. The highest BCUT2D eigenvalue weighted by atomic mass is 16.5. The summed E-state index contributed by atoms with van der Waals surface area (Å²) in [5, 5.41) is 9.02. The second-order valence-electron chi connectivity index (χ2n) is 4.49. The van der Waals surface area contributed by atoms with Gasteiger partial charge in [-0.15, -0.1) is 0 Å². The Balaban J connectivity index is 4.85. The van der Waals surface area contributed by atoms with Crippen LogP contribution in [0.25, 0.3) is 0 Å². The highest BCUT2D eigenvalue weighted by Gasteiger charge is 2.39. The number of hydrogen-bond donors (Lipinski definition) is 1. The number of esters is 1. The van der Waals surface area contributed by atoms with Gasteiger partial charge in [0.15, 0.2) is 0 Å². The molecule has 0 amide bonds.